The molecule has 1 aliphatic heterocycles. The first kappa shape index (κ1) is 26.0. The summed E-state index contributed by atoms with van der Waals surface area (Å²) in [5.74, 6) is -2.50. The molecular weight excluding hydrogens is 458 g/mol. The number of dihydropyridines is 1. The second-order valence-corrected chi connectivity index (χ2v) is 10.1. The molecule has 1 aromatic carbocycles. The van der Waals surface area contributed by atoms with E-state index in [1.807, 2.05) is 38.1 Å². The number of hydrogen-bond donors (Lipinski definition) is 1. The number of carbonyl (C=O) groups excluding carboxylic acids is 3. The number of nitrogens with one attached hydrogen (secondary N) is 1. The summed E-state index contributed by atoms with van der Waals surface area (Å²) in [6, 6.07) is 7.54. The molecule has 1 fully saturated rings. The zero-order valence-corrected chi connectivity index (χ0v) is 21.7. The van der Waals surface area contributed by atoms with Crippen molar-refractivity contribution in [1.82, 2.24) is 5.32 Å². The normalized spacial score (nSPS) is 24.3. The van der Waals surface area contributed by atoms with Crippen molar-refractivity contribution < 1.29 is 28.6 Å². The maximum absolute atomic E-state index is 13.9. The van der Waals surface area contributed by atoms with Crippen LogP contribution in [0.2, 0.25) is 0 Å². The number of esters is 2. The second-order valence-electron chi connectivity index (χ2n) is 10.1. The molecule has 3 atom stereocenters. The number of rotatable bonds is 8. The Kier molecular flexibility index (Phi) is 8.17. The number of benzene rings is 1. The number of hydrogen-bond acceptors (Lipinski definition) is 7. The fourth-order valence-electron chi connectivity index (χ4n) is 5.66. The van der Waals surface area contributed by atoms with Crippen molar-refractivity contribution in [1.29, 1.82) is 0 Å². The van der Waals surface area contributed by atoms with Gasteiger partial charge in [0.2, 0.25) is 0 Å². The third kappa shape index (κ3) is 5.06. The molecule has 7 heteroatoms. The van der Waals surface area contributed by atoms with Gasteiger partial charge in [-0.15, -0.1) is 0 Å². The highest BCUT2D eigenvalue weighted by molar-refractivity contribution is 6.12. The molecular formula is C29H37NO6. The Morgan fingerprint density at radius 2 is 1.86 bits per heavy atom. The topological polar surface area (TPSA) is 90.9 Å². The van der Waals surface area contributed by atoms with Gasteiger partial charge in [0.15, 0.2) is 5.78 Å². The lowest BCUT2D eigenvalue weighted by molar-refractivity contribution is -0.151. The van der Waals surface area contributed by atoms with Crippen molar-refractivity contribution >= 4 is 17.7 Å². The first-order chi connectivity index (χ1) is 17.4. The van der Waals surface area contributed by atoms with E-state index in [1.165, 1.54) is 7.11 Å². The summed E-state index contributed by atoms with van der Waals surface area (Å²) in [5, 5.41) is 3.33. The fraction of sp³-hybridized carbons (Fsp3) is 0.552. The maximum atomic E-state index is 13.9. The first-order valence-electron chi connectivity index (χ1n) is 13.1. The highest BCUT2D eigenvalue weighted by Gasteiger charge is 2.48. The van der Waals surface area contributed by atoms with Crippen LogP contribution in [0.1, 0.15) is 77.2 Å². The summed E-state index contributed by atoms with van der Waals surface area (Å²) in [6.45, 7) is 6.36. The van der Waals surface area contributed by atoms with E-state index in [9.17, 15) is 14.4 Å². The van der Waals surface area contributed by atoms with Crippen molar-refractivity contribution in [2.24, 2.45) is 11.8 Å². The molecule has 3 aliphatic rings. The van der Waals surface area contributed by atoms with Crippen LogP contribution < -0.4 is 10.1 Å². The Morgan fingerprint density at radius 1 is 1.14 bits per heavy atom. The van der Waals surface area contributed by atoms with Gasteiger partial charge in [-0.3, -0.25) is 9.59 Å². The van der Waals surface area contributed by atoms with Crippen molar-refractivity contribution in [3.63, 3.8) is 0 Å². The molecule has 0 amide bonds. The van der Waals surface area contributed by atoms with Gasteiger partial charge in [-0.05, 0) is 57.4 Å². The van der Waals surface area contributed by atoms with Gasteiger partial charge in [-0.2, -0.15) is 0 Å². The van der Waals surface area contributed by atoms with Crippen LogP contribution in [0.3, 0.4) is 0 Å². The van der Waals surface area contributed by atoms with Crippen LogP contribution in [0.5, 0.6) is 5.75 Å². The monoisotopic (exact) mass is 495 g/mol. The molecule has 0 spiro atoms. The lowest BCUT2D eigenvalue weighted by Gasteiger charge is -2.38. The standard InChI is InChI=1S/C29H37NO6/c1-5-6-15-35-22-14-10-9-13-20(22)25-24(29(33)36-19-11-7-8-12-19)18(3)30-21-16-17(2)23(28(32)34-4)27(31)26(21)25/h9-10,13-14,17,19,23,25,30H,5-8,11-12,15-16H2,1-4H3. The van der Waals surface area contributed by atoms with Crippen molar-refractivity contribution in [2.45, 2.75) is 77.7 Å². The minimum absolute atomic E-state index is 0.116. The molecule has 1 N–H and O–H groups in total. The van der Waals surface area contributed by atoms with Crippen molar-refractivity contribution in [3.8, 4) is 5.75 Å². The Labute approximate surface area is 213 Å². The third-order valence-corrected chi connectivity index (χ3v) is 7.52. The van der Waals surface area contributed by atoms with E-state index in [0.29, 0.717) is 35.6 Å². The number of Topliss-reactive ketones (excluding diaryl/α,β-unsaturated/α-hetero) is 1. The summed E-state index contributed by atoms with van der Waals surface area (Å²) < 4.78 is 17.1. The first-order valence-corrected chi connectivity index (χ1v) is 13.1. The maximum Gasteiger partial charge on any atom is 0.337 e. The SMILES string of the molecule is CCCCOc1ccccc1C1C(C(=O)OC2CCCC2)=C(C)NC2=C1C(=O)C(C(=O)OC)C(C)C2. The third-order valence-electron chi connectivity index (χ3n) is 7.52. The second kappa shape index (κ2) is 11.3. The van der Waals surface area contributed by atoms with Crippen LogP contribution in [0.25, 0.3) is 0 Å². The van der Waals surface area contributed by atoms with Crippen LogP contribution in [-0.4, -0.2) is 37.5 Å². The summed E-state index contributed by atoms with van der Waals surface area (Å²) in [5.41, 5.74) is 2.97. The fourth-order valence-corrected chi connectivity index (χ4v) is 5.66. The minimum Gasteiger partial charge on any atom is -0.493 e. The molecule has 3 unspecified atom stereocenters. The predicted octanol–water partition coefficient (Wildman–Crippen LogP) is 4.96. The number of allylic oxidation sites excluding steroid dienone is 3. The molecule has 0 radical (unpaired) electrons. The van der Waals surface area contributed by atoms with Gasteiger partial charge in [-0.25, -0.2) is 4.79 Å². The molecule has 36 heavy (non-hydrogen) atoms. The number of ether oxygens (including phenoxy) is 3. The average Bonchev–Trinajstić information content (AvgIpc) is 3.36. The molecule has 1 heterocycles. The van der Waals surface area contributed by atoms with E-state index >= 15 is 0 Å². The van der Waals surface area contributed by atoms with E-state index in [0.717, 1.165) is 49.8 Å². The van der Waals surface area contributed by atoms with Gasteiger partial charge in [0.05, 0.1) is 25.2 Å². The quantitative estimate of drug-likeness (QED) is 0.309. The molecule has 1 aromatic rings. The summed E-state index contributed by atoms with van der Waals surface area (Å²) in [7, 11) is 1.30. The average molecular weight is 496 g/mol. The smallest absolute Gasteiger partial charge is 0.337 e. The summed E-state index contributed by atoms with van der Waals surface area (Å²) in [4.78, 5) is 40.2. The minimum atomic E-state index is -0.920. The van der Waals surface area contributed by atoms with Gasteiger partial charge in [0.25, 0.3) is 0 Å². The van der Waals surface area contributed by atoms with Gasteiger partial charge < -0.3 is 19.5 Å². The highest BCUT2D eigenvalue weighted by Crippen LogP contribution is 2.47. The van der Waals surface area contributed by atoms with E-state index in [2.05, 4.69) is 12.2 Å². The van der Waals surface area contributed by atoms with E-state index in [4.69, 9.17) is 14.2 Å². The Morgan fingerprint density at radius 3 is 2.56 bits per heavy atom. The molecule has 0 aromatic heterocycles. The van der Waals surface area contributed by atoms with Crippen LogP contribution in [0, 0.1) is 11.8 Å². The molecule has 0 bridgehead atoms. The predicted molar refractivity (Wildman–Crippen MR) is 135 cm³/mol. The molecule has 2 aliphatic carbocycles. The van der Waals surface area contributed by atoms with Crippen LogP contribution >= 0.6 is 0 Å². The Bertz CT molecular complexity index is 1080. The number of methoxy groups -OCH3 is 1. The Balaban J connectivity index is 1.82. The van der Waals surface area contributed by atoms with Gasteiger partial charge in [0, 0.05) is 22.5 Å². The van der Waals surface area contributed by atoms with Crippen LogP contribution in [0.15, 0.2) is 46.8 Å². The number of para-hydroxylation sites is 1. The zero-order chi connectivity index (χ0) is 25.8. The summed E-state index contributed by atoms with van der Waals surface area (Å²) >= 11 is 0. The number of unbranched alkanes of at least 4 members (excludes halogenated alkanes) is 1. The van der Waals surface area contributed by atoms with E-state index in [1.54, 1.807) is 0 Å². The lowest BCUT2D eigenvalue weighted by atomic mass is 9.69. The van der Waals surface area contributed by atoms with Crippen molar-refractivity contribution in [2.75, 3.05) is 13.7 Å². The zero-order valence-electron chi connectivity index (χ0n) is 21.7. The van der Waals surface area contributed by atoms with Gasteiger partial charge in [-0.1, -0.05) is 38.5 Å². The van der Waals surface area contributed by atoms with Crippen LogP contribution in [-0.2, 0) is 23.9 Å². The van der Waals surface area contributed by atoms with E-state index in [-0.39, 0.29) is 17.8 Å². The highest BCUT2D eigenvalue weighted by atomic mass is 16.5. The van der Waals surface area contributed by atoms with Gasteiger partial charge in [0.1, 0.15) is 17.8 Å². The number of ketones is 1. The molecule has 0 saturated heterocycles. The largest absolute Gasteiger partial charge is 0.493 e. The van der Waals surface area contributed by atoms with Gasteiger partial charge >= 0.3 is 11.9 Å². The Hall–Kier alpha value is -3.09. The van der Waals surface area contributed by atoms with Crippen molar-refractivity contribution in [3.05, 3.63) is 52.4 Å². The lowest BCUT2D eigenvalue weighted by Crippen LogP contribution is -2.43. The molecule has 7 nitrogen and oxygen atoms in total. The van der Waals surface area contributed by atoms with E-state index < -0.39 is 23.8 Å². The number of carbonyl (C=O) groups is 3. The summed E-state index contributed by atoms with van der Waals surface area (Å²) in [6.07, 6.45) is 6.04. The molecule has 194 valence electrons. The molecule has 4 rings (SSSR count). The van der Waals surface area contributed by atoms with Crippen LogP contribution in [0.4, 0.5) is 0 Å². The molecule has 1 saturated carbocycles.